The number of aryl methyl sites for hydroxylation is 2. The molecule has 5 nitrogen and oxygen atoms in total. The second kappa shape index (κ2) is 8.56. The van der Waals surface area contributed by atoms with Crippen LogP contribution in [0.2, 0.25) is 0 Å². The van der Waals surface area contributed by atoms with Crippen LogP contribution in [-0.4, -0.2) is 26.9 Å². The Kier molecular flexibility index (Phi) is 6.17. The predicted octanol–water partition coefficient (Wildman–Crippen LogP) is 4.70. The van der Waals surface area contributed by atoms with E-state index in [1.54, 1.807) is 0 Å². The summed E-state index contributed by atoms with van der Waals surface area (Å²) in [6.07, 6.45) is 9.59. The summed E-state index contributed by atoms with van der Waals surface area (Å²) in [5, 5.41) is 0. The van der Waals surface area contributed by atoms with Crippen molar-refractivity contribution in [3.8, 4) is 0 Å². The number of hydrogen-bond acceptors (Lipinski definition) is 3. The summed E-state index contributed by atoms with van der Waals surface area (Å²) in [5.41, 5.74) is 0. The fourth-order valence-electron chi connectivity index (χ4n) is 3.84. The van der Waals surface area contributed by atoms with Crippen LogP contribution < -0.4 is 0 Å². The van der Waals surface area contributed by atoms with Crippen LogP contribution in [0.3, 0.4) is 0 Å². The van der Waals surface area contributed by atoms with Crippen LogP contribution in [0, 0.1) is 0 Å². The quantitative estimate of drug-likeness (QED) is 0.753. The Morgan fingerprint density at radius 2 is 2.15 bits per heavy atom. The van der Waals surface area contributed by atoms with Gasteiger partial charge >= 0.3 is 0 Å². The summed E-state index contributed by atoms with van der Waals surface area (Å²) in [5.74, 6) is 3.57. The zero-order chi connectivity index (χ0) is 18.5. The summed E-state index contributed by atoms with van der Waals surface area (Å²) in [7, 11) is 0. The first-order chi connectivity index (χ1) is 12.6. The Morgan fingerprint density at radius 3 is 2.88 bits per heavy atom. The Hall–Kier alpha value is -2.04. The number of imidazole rings is 1. The van der Waals surface area contributed by atoms with E-state index in [1.807, 2.05) is 18.5 Å². The van der Waals surface area contributed by atoms with E-state index < -0.39 is 0 Å². The van der Waals surface area contributed by atoms with Crippen LogP contribution in [0.25, 0.3) is 0 Å². The molecule has 1 unspecified atom stereocenters. The standard InChI is InChI=1S/C21H31N3O2/c1-4-17-9-10-19(26-17)18-8-6-5-7-13-24(18)20(25)11-14-23-15-12-22-21(23)16(2)3/h9-10,12,15-16,18H,4-8,11,13-14H2,1-3H3. The number of carbonyl (C=O) groups is 1. The number of furan rings is 1. The molecule has 0 N–H and O–H groups in total. The molecular formula is C21H31N3O2. The van der Waals surface area contributed by atoms with Crippen molar-refractivity contribution in [1.29, 1.82) is 0 Å². The topological polar surface area (TPSA) is 51.3 Å². The van der Waals surface area contributed by atoms with Gasteiger partial charge in [0.15, 0.2) is 0 Å². The molecule has 3 rings (SSSR count). The zero-order valence-corrected chi connectivity index (χ0v) is 16.3. The maximum absolute atomic E-state index is 13.0. The highest BCUT2D eigenvalue weighted by Gasteiger charge is 2.28. The maximum atomic E-state index is 13.0. The third-order valence-corrected chi connectivity index (χ3v) is 5.26. The van der Waals surface area contributed by atoms with E-state index in [1.165, 1.54) is 6.42 Å². The van der Waals surface area contributed by atoms with Gasteiger partial charge in [0.2, 0.25) is 5.91 Å². The molecule has 0 saturated carbocycles. The van der Waals surface area contributed by atoms with Gasteiger partial charge in [-0.1, -0.05) is 33.6 Å². The average molecular weight is 357 g/mol. The van der Waals surface area contributed by atoms with E-state index in [0.29, 0.717) is 18.9 Å². The summed E-state index contributed by atoms with van der Waals surface area (Å²) in [4.78, 5) is 19.5. The molecule has 1 saturated heterocycles. The Bertz CT molecular complexity index is 716. The predicted molar refractivity (Wildman–Crippen MR) is 102 cm³/mol. The van der Waals surface area contributed by atoms with E-state index in [0.717, 1.165) is 49.6 Å². The average Bonchev–Trinajstić information content (AvgIpc) is 3.23. The van der Waals surface area contributed by atoms with E-state index in [9.17, 15) is 4.79 Å². The van der Waals surface area contributed by atoms with Gasteiger partial charge in [-0.3, -0.25) is 4.79 Å². The van der Waals surface area contributed by atoms with Gasteiger partial charge in [-0.05, 0) is 25.0 Å². The first kappa shape index (κ1) is 18.7. The van der Waals surface area contributed by atoms with Crippen molar-refractivity contribution in [3.05, 3.63) is 41.9 Å². The number of aromatic nitrogens is 2. The lowest BCUT2D eigenvalue weighted by atomic mass is 10.1. The molecular weight excluding hydrogens is 326 g/mol. The molecule has 142 valence electrons. The molecule has 0 radical (unpaired) electrons. The van der Waals surface area contributed by atoms with Crippen molar-refractivity contribution >= 4 is 5.91 Å². The molecule has 0 aromatic carbocycles. The molecule has 5 heteroatoms. The highest BCUT2D eigenvalue weighted by atomic mass is 16.3. The molecule has 1 atom stereocenters. The second-order valence-electron chi connectivity index (χ2n) is 7.49. The number of likely N-dealkylation sites (tertiary alicyclic amines) is 1. The number of hydrogen-bond donors (Lipinski definition) is 0. The molecule has 1 aliphatic rings. The minimum Gasteiger partial charge on any atom is -0.464 e. The molecule has 26 heavy (non-hydrogen) atoms. The van der Waals surface area contributed by atoms with Crippen LogP contribution >= 0.6 is 0 Å². The van der Waals surface area contributed by atoms with Crippen LogP contribution in [0.1, 0.15) is 82.2 Å². The number of nitrogens with zero attached hydrogens (tertiary/aromatic N) is 3. The van der Waals surface area contributed by atoms with Gasteiger partial charge in [-0.15, -0.1) is 0 Å². The Balaban J connectivity index is 1.71. The van der Waals surface area contributed by atoms with Gasteiger partial charge in [0, 0.05) is 44.2 Å². The van der Waals surface area contributed by atoms with Crippen molar-refractivity contribution in [2.75, 3.05) is 6.54 Å². The van der Waals surface area contributed by atoms with E-state index in [2.05, 4.69) is 41.3 Å². The van der Waals surface area contributed by atoms with E-state index >= 15 is 0 Å². The summed E-state index contributed by atoms with van der Waals surface area (Å²) in [6.45, 7) is 7.87. The molecule has 0 bridgehead atoms. The molecule has 0 aliphatic carbocycles. The first-order valence-electron chi connectivity index (χ1n) is 9.99. The molecule has 1 amide bonds. The van der Waals surface area contributed by atoms with Crippen LogP contribution in [0.5, 0.6) is 0 Å². The lowest BCUT2D eigenvalue weighted by Gasteiger charge is -2.29. The summed E-state index contributed by atoms with van der Waals surface area (Å²) >= 11 is 0. The molecule has 1 fully saturated rings. The van der Waals surface area contributed by atoms with Crippen molar-refractivity contribution in [2.45, 2.75) is 77.8 Å². The van der Waals surface area contributed by atoms with Gasteiger partial charge in [-0.25, -0.2) is 4.98 Å². The van der Waals surface area contributed by atoms with Crippen LogP contribution in [-0.2, 0) is 17.8 Å². The lowest BCUT2D eigenvalue weighted by molar-refractivity contribution is -0.134. The van der Waals surface area contributed by atoms with Crippen LogP contribution in [0.15, 0.2) is 28.9 Å². The van der Waals surface area contributed by atoms with E-state index in [-0.39, 0.29) is 11.9 Å². The number of carbonyl (C=O) groups excluding carboxylic acids is 1. The molecule has 2 aromatic heterocycles. The van der Waals surface area contributed by atoms with Gasteiger partial charge in [0.05, 0.1) is 6.04 Å². The first-order valence-corrected chi connectivity index (χ1v) is 9.99. The Morgan fingerprint density at radius 1 is 1.31 bits per heavy atom. The maximum Gasteiger partial charge on any atom is 0.224 e. The fourth-order valence-corrected chi connectivity index (χ4v) is 3.84. The summed E-state index contributed by atoms with van der Waals surface area (Å²) in [6, 6.07) is 4.18. The minimum absolute atomic E-state index is 0.0812. The summed E-state index contributed by atoms with van der Waals surface area (Å²) < 4.78 is 8.11. The van der Waals surface area contributed by atoms with Crippen LogP contribution in [0.4, 0.5) is 0 Å². The normalized spacial score (nSPS) is 18.3. The smallest absolute Gasteiger partial charge is 0.224 e. The van der Waals surface area contributed by atoms with Gasteiger partial charge in [0.1, 0.15) is 17.3 Å². The molecule has 2 aromatic rings. The molecule has 3 heterocycles. The van der Waals surface area contributed by atoms with Crippen molar-refractivity contribution in [3.63, 3.8) is 0 Å². The SMILES string of the molecule is CCc1ccc(C2CCCCCN2C(=O)CCn2ccnc2C(C)C)o1. The molecule has 1 aliphatic heterocycles. The van der Waals surface area contributed by atoms with Crippen molar-refractivity contribution < 1.29 is 9.21 Å². The number of rotatable bonds is 6. The van der Waals surface area contributed by atoms with Gasteiger partial charge in [-0.2, -0.15) is 0 Å². The highest BCUT2D eigenvalue weighted by molar-refractivity contribution is 5.76. The minimum atomic E-state index is 0.0812. The molecule has 0 spiro atoms. The fraction of sp³-hybridized carbons (Fsp3) is 0.619. The second-order valence-corrected chi connectivity index (χ2v) is 7.49. The lowest BCUT2D eigenvalue weighted by Crippen LogP contribution is -2.35. The van der Waals surface area contributed by atoms with E-state index in [4.69, 9.17) is 4.42 Å². The number of amides is 1. The third kappa shape index (κ3) is 4.19. The van der Waals surface area contributed by atoms with Crippen molar-refractivity contribution in [1.82, 2.24) is 14.5 Å². The third-order valence-electron chi connectivity index (χ3n) is 5.26. The largest absolute Gasteiger partial charge is 0.464 e. The zero-order valence-electron chi connectivity index (χ0n) is 16.3. The Labute approximate surface area is 156 Å². The van der Waals surface area contributed by atoms with Gasteiger partial charge < -0.3 is 13.9 Å². The van der Waals surface area contributed by atoms with Gasteiger partial charge in [0.25, 0.3) is 0 Å². The van der Waals surface area contributed by atoms with Crippen molar-refractivity contribution in [2.24, 2.45) is 0 Å². The monoisotopic (exact) mass is 357 g/mol. The highest BCUT2D eigenvalue weighted by Crippen LogP contribution is 2.32.